The van der Waals surface area contributed by atoms with Crippen LogP contribution in [-0.2, 0) is 11.3 Å². The van der Waals surface area contributed by atoms with E-state index in [2.05, 4.69) is 69.8 Å². The molecule has 0 spiro atoms. The predicted octanol–water partition coefficient (Wildman–Crippen LogP) is 6.35. The Labute approximate surface area is 205 Å². The molecule has 1 aliphatic heterocycles. The van der Waals surface area contributed by atoms with Gasteiger partial charge in [0, 0.05) is 16.9 Å². The van der Waals surface area contributed by atoms with Gasteiger partial charge in [0.25, 0.3) is 0 Å². The first kappa shape index (κ1) is 23.8. The van der Waals surface area contributed by atoms with Crippen LogP contribution in [0, 0.1) is 0 Å². The quantitative estimate of drug-likeness (QED) is 0.305. The van der Waals surface area contributed by atoms with E-state index >= 15 is 0 Å². The Balaban J connectivity index is 1.20. The molecule has 1 saturated heterocycles. The summed E-state index contributed by atoms with van der Waals surface area (Å²) in [6.45, 7) is 3.94. The van der Waals surface area contributed by atoms with Crippen molar-refractivity contribution in [2.45, 2.75) is 37.9 Å². The van der Waals surface area contributed by atoms with Crippen LogP contribution in [0.1, 0.15) is 36.3 Å². The monoisotopic (exact) mass is 509 g/mol. The zero-order chi connectivity index (χ0) is 22.7. The van der Waals surface area contributed by atoms with Gasteiger partial charge in [0.1, 0.15) is 11.5 Å². The van der Waals surface area contributed by atoms with Crippen molar-refractivity contribution in [3.63, 3.8) is 0 Å². The zero-order valence-corrected chi connectivity index (χ0v) is 20.5. The van der Waals surface area contributed by atoms with Crippen molar-refractivity contribution in [3.05, 3.63) is 94.5 Å². The largest absolute Gasteiger partial charge is 0.494 e. The molecular weight excluding hydrogens is 478 g/mol. The molecule has 1 N–H and O–H groups in total. The van der Waals surface area contributed by atoms with Crippen LogP contribution in [0.2, 0.25) is 0 Å². The summed E-state index contributed by atoms with van der Waals surface area (Å²) in [5, 5.41) is 3.48. The lowest BCUT2D eigenvalue weighted by Crippen LogP contribution is -2.40. The van der Waals surface area contributed by atoms with Crippen LogP contribution >= 0.6 is 15.9 Å². The summed E-state index contributed by atoms with van der Waals surface area (Å²) in [5.74, 6) is 2.24. The average molecular weight is 510 g/mol. The number of hydrogen-bond acceptors (Lipinski definition) is 4. The normalized spacial score (nSPS) is 18.1. The van der Waals surface area contributed by atoms with E-state index in [4.69, 9.17) is 14.2 Å². The lowest BCUT2D eigenvalue weighted by molar-refractivity contribution is 0.0106. The molecule has 2 atom stereocenters. The molecule has 0 bridgehead atoms. The number of benzene rings is 3. The van der Waals surface area contributed by atoms with Gasteiger partial charge in [-0.15, -0.1) is 0 Å². The molecule has 0 saturated carbocycles. The molecule has 0 aliphatic carbocycles. The summed E-state index contributed by atoms with van der Waals surface area (Å²) in [6.07, 6.45) is 3.18. The molecular formula is C28H32BrNO3. The van der Waals surface area contributed by atoms with Crippen molar-refractivity contribution >= 4 is 15.9 Å². The molecule has 1 heterocycles. The third kappa shape index (κ3) is 7.60. The fraction of sp³-hybridized carbons (Fsp3) is 0.357. The number of unbranched alkanes of at least 4 members (excludes halogenated alkanes) is 1. The molecule has 0 amide bonds. The highest BCUT2D eigenvalue weighted by Gasteiger charge is 2.27. The minimum absolute atomic E-state index is 0.166. The van der Waals surface area contributed by atoms with Gasteiger partial charge in [0.05, 0.1) is 25.9 Å². The van der Waals surface area contributed by atoms with E-state index in [0.29, 0.717) is 25.7 Å². The summed E-state index contributed by atoms with van der Waals surface area (Å²) in [7, 11) is 0. The van der Waals surface area contributed by atoms with Gasteiger partial charge in [0.2, 0.25) is 0 Å². The highest BCUT2D eigenvalue weighted by molar-refractivity contribution is 9.10. The number of rotatable bonds is 11. The molecule has 3 aromatic carbocycles. The van der Waals surface area contributed by atoms with E-state index in [1.54, 1.807) is 0 Å². The fourth-order valence-electron chi connectivity index (χ4n) is 4.08. The molecule has 5 heteroatoms. The second kappa shape index (κ2) is 12.8. The Kier molecular flexibility index (Phi) is 9.22. The van der Waals surface area contributed by atoms with Crippen molar-refractivity contribution in [2.75, 3.05) is 26.3 Å². The minimum Gasteiger partial charge on any atom is -0.494 e. The number of halogens is 1. The molecule has 1 aliphatic rings. The summed E-state index contributed by atoms with van der Waals surface area (Å²) >= 11 is 3.49. The second-order valence-corrected chi connectivity index (χ2v) is 9.28. The molecule has 4 nitrogen and oxygen atoms in total. The Bertz CT molecular complexity index is 947. The Morgan fingerprint density at radius 2 is 1.45 bits per heavy atom. The first-order valence-electron chi connectivity index (χ1n) is 11.8. The van der Waals surface area contributed by atoms with Gasteiger partial charge in [-0.1, -0.05) is 58.4 Å². The SMILES string of the molecule is Brc1ccc(CO[C@H]2CNCC[C@@H]2c2ccc(OCCCCOc3ccccc3)cc2)cc1. The number of hydrogen-bond donors (Lipinski definition) is 1. The maximum Gasteiger partial charge on any atom is 0.119 e. The van der Waals surface area contributed by atoms with Gasteiger partial charge in [-0.25, -0.2) is 0 Å². The van der Waals surface area contributed by atoms with Crippen molar-refractivity contribution in [2.24, 2.45) is 0 Å². The third-order valence-corrected chi connectivity index (χ3v) is 6.46. The van der Waals surface area contributed by atoms with E-state index in [-0.39, 0.29) is 6.10 Å². The fourth-order valence-corrected chi connectivity index (χ4v) is 4.35. The van der Waals surface area contributed by atoms with Gasteiger partial charge in [-0.05, 0) is 73.3 Å². The van der Waals surface area contributed by atoms with Crippen LogP contribution in [-0.4, -0.2) is 32.4 Å². The Morgan fingerprint density at radius 1 is 0.788 bits per heavy atom. The summed E-state index contributed by atoms with van der Waals surface area (Å²) in [4.78, 5) is 0. The lowest BCUT2D eigenvalue weighted by Gasteiger charge is -2.32. The summed E-state index contributed by atoms with van der Waals surface area (Å²) in [6, 6.07) is 26.8. The third-order valence-electron chi connectivity index (χ3n) is 5.93. The van der Waals surface area contributed by atoms with Gasteiger partial charge in [-0.3, -0.25) is 0 Å². The van der Waals surface area contributed by atoms with Gasteiger partial charge in [0.15, 0.2) is 0 Å². The van der Waals surface area contributed by atoms with Crippen LogP contribution in [0.25, 0.3) is 0 Å². The number of para-hydroxylation sites is 1. The van der Waals surface area contributed by atoms with Gasteiger partial charge < -0.3 is 19.5 Å². The van der Waals surface area contributed by atoms with Crippen molar-refractivity contribution in [1.29, 1.82) is 0 Å². The van der Waals surface area contributed by atoms with Crippen LogP contribution < -0.4 is 14.8 Å². The first-order valence-corrected chi connectivity index (χ1v) is 12.5. The maximum atomic E-state index is 6.32. The average Bonchev–Trinajstić information content (AvgIpc) is 2.87. The molecule has 3 aromatic rings. The molecule has 0 unspecified atom stereocenters. The number of ether oxygens (including phenoxy) is 3. The summed E-state index contributed by atoms with van der Waals surface area (Å²) < 4.78 is 19.1. The smallest absolute Gasteiger partial charge is 0.119 e. The van der Waals surface area contributed by atoms with Crippen LogP contribution in [0.3, 0.4) is 0 Å². The van der Waals surface area contributed by atoms with Gasteiger partial charge >= 0.3 is 0 Å². The Hall–Kier alpha value is -2.34. The number of piperidine rings is 1. The summed E-state index contributed by atoms with van der Waals surface area (Å²) in [5.41, 5.74) is 2.52. The molecule has 33 heavy (non-hydrogen) atoms. The molecule has 4 rings (SSSR count). The van der Waals surface area contributed by atoms with Crippen LogP contribution in [0.15, 0.2) is 83.3 Å². The van der Waals surface area contributed by atoms with E-state index in [1.165, 1.54) is 11.1 Å². The zero-order valence-electron chi connectivity index (χ0n) is 18.9. The highest BCUT2D eigenvalue weighted by atomic mass is 79.9. The van der Waals surface area contributed by atoms with E-state index in [1.807, 2.05) is 30.3 Å². The van der Waals surface area contributed by atoms with E-state index in [9.17, 15) is 0 Å². The molecule has 174 valence electrons. The lowest BCUT2D eigenvalue weighted by atomic mass is 9.87. The molecule has 1 fully saturated rings. The first-order chi connectivity index (χ1) is 16.3. The maximum absolute atomic E-state index is 6.32. The second-order valence-electron chi connectivity index (χ2n) is 8.36. The predicted molar refractivity (Wildman–Crippen MR) is 136 cm³/mol. The molecule has 0 aromatic heterocycles. The Morgan fingerprint density at radius 3 is 2.15 bits per heavy atom. The van der Waals surface area contributed by atoms with Crippen LogP contribution in [0.4, 0.5) is 0 Å². The van der Waals surface area contributed by atoms with Crippen molar-refractivity contribution in [1.82, 2.24) is 5.32 Å². The number of nitrogens with one attached hydrogen (secondary N) is 1. The van der Waals surface area contributed by atoms with E-state index in [0.717, 1.165) is 48.3 Å². The minimum atomic E-state index is 0.166. The topological polar surface area (TPSA) is 39.7 Å². The highest BCUT2D eigenvalue weighted by Crippen LogP contribution is 2.30. The standard InChI is InChI=1S/C28H32BrNO3/c29-24-12-8-22(9-13-24)21-33-28-20-30-17-16-27(28)23-10-14-26(15-11-23)32-19-5-4-18-31-25-6-2-1-3-7-25/h1-3,6-15,27-28,30H,4-5,16-21H2/t27-,28+/m1/s1. The van der Waals surface area contributed by atoms with Gasteiger partial charge in [-0.2, -0.15) is 0 Å². The van der Waals surface area contributed by atoms with Crippen molar-refractivity contribution in [3.8, 4) is 11.5 Å². The van der Waals surface area contributed by atoms with E-state index < -0.39 is 0 Å². The van der Waals surface area contributed by atoms with Crippen molar-refractivity contribution < 1.29 is 14.2 Å². The molecule has 0 radical (unpaired) electrons. The van der Waals surface area contributed by atoms with Crippen LogP contribution in [0.5, 0.6) is 11.5 Å².